The van der Waals surface area contributed by atoms with Gasteiger partial charge in [-0.3, -0.25) is 0 Å². The summed E-state index contributed by atoms with van der Waals surface area (Å²) < 4.78 is 11.5. The zero-order chi connectivity index (χ0) is 16.2. The van der Waals surface area contributed by atoms with Crippen LogP contribution in [0.5, 0.6) is 5.75 Å². The van der Waals surface area contributed by atoms with Gasteiger partial charge >= 0.3 is 0 Å². The molecule has 9 heteroatoms. The van der Waals surface area contributed by atoms with Crippen LogP contribution in [-0.4, -0.2) is 27.5 Å². The molecule has 1 unspecified atom stereocenters. The molecule has 3 rings (SSSR count). The molecule has 0 aliphatic carbocycles. The first kappa shape index (κ1) is 15.8. The lowest BCUT2D eigenvalue weighted by atomic mass is 10.3. The molecule has 0 aliphatic heterocycles. The number of nitrogens with one attached hydrogen (secondary N) is 1. The van der Waals surface area contributed by atoms with Gasteiger partial charge in [-0.15, -0.1) is 20.4 Å². The lowest BCUT2D eigenvalue weighted by molar-refractivity contribution is 0.415. The van der Waals surface area contributed by atoms with Crippen molar-refractivity contribution < 1.29 is 9.15 Å². The topological polar surface area (TPSA) is 86.0 Å². The number of ether oxygens (including phenoxy) is 1. The summed E-state index contributed by atoms with van der Waals surface area (Å²) in [7, 11) is 1.64. The summed E-state index contributed by atoms with van der Waals surface area (Å²) >= 11 is 3.00. The van der Waals surface area contributed by atoms with Crippen LogP contribution in [-0.2, 0) is 0 Å². The second-order valence-electron chi connectivity index (χ2n) is 4.65. The Morgan fingerprint density at radius 3 is 2.87 bits per heavy atom. The number of benzene rings is 1. The predicted molar refractivity (Wildman–Crippen MR) is 89.5 cm³/mol. The molecule has 0 bridgehead atoms. The van der Waals surface area contributed by atoms with Crippen LogP contribution in [0.4, 0.5) is 10.8 Å². The van der Waals surface area contributed by atoms with E-state index in [1.807, 2.05) is 31.2 Å². The Morgan fingerprint density at radius 2 is 2.13 bits per heavy atom. The van der Waals surface area contributed by atoms with E-state index in [1.54, 1.807) is 14.0 Å². The van der Waals surface area contributed by atoms with Gasteiger partial charge in [0.1, 0.15) is 5.75 Å². The minimum absolute atomic E-state index is 0.0221. The van der Waals surface area contributed by atoms with Crippen molar-refractivity contribution in [2.24, 2.45) is 0 Å². The fourth-order valence-electron chi connectivity index (χ4n) is 1.81. The van der Waals surface area contributed by atoms with Crippen LogP contribution < -0.4 is 10.1 Å². The van der Waals surface area contributed by atoms with Gasteiger partial charge in [0.05, 0.1) is 12.4 Å². The first-order chi connectivity index (χ1) is 11.1. The number of methoxy groups -OCH3 is 1. The van der Waals surface area contributed by atoms with Gasteiger partial charge in [0.15, 0.2) is 4.34 Å². The Balaban J connectivity index is 1.65. The molecule has 0 fully saturated rings. The molecular formula is C14H15N5O2S2. The number of aromatic nitrogens is 4. The fourth-order valence-corrected chi connectivity index (χ4v) is 3.76. The van der Waals surface area contributed by atoms with Gasteiger partial charge < -0.3 is 14.5 Å². The Hall–Kier alpha value is -2.13. The first-order valence-electron chi connectivity index (χ1n) is 6.85. The van der Waals surface area contributed by atoms with E-state index in [1.165, 1.54) is 23.1 Å². The van der Waals surface area contributed by atoms with E-state index in [2.05, 4.69) is 25.7 Å². The van der Waals surface area contributed by atoms with Crippen molar-refractivity contribution >= 4 is 33.9 Å². The number of hydrogen-bond acceptors (Lipinski definition) is 9. The monoisotopic (exact) mass is 349 g/mol. The normalized spacial score (nSPS) is 12.1. The van der Waals surface area contributed by atoms with E-state index in [-0.39, 0.29) is 5.25 Å². The highest BCUT2D eigenvalue weighted by atomic mass is 32.2. The van der Waals surface area contributed by atoms with Crippen molar-refractivity contribution in [1.82, 2.24) is 20.4 Å². The van der Waals surface area contributed by atoms with Crippen molar-refractivity contribution in [2.75, 3.05) is 12.4 Å². The van der Waals surface area contributed by atoms with E-state index in [9.17, 15) is 0 Å². The van der Waals surface area contributed by atoms with E-state index in [4.69, 9.17) is 9.15 Å². The summed E-state index contributed by atoms with van der Waals surface area (Å²) in [6, 6.07) is 7.65. The van der Waals surface area contributed by atoms with Crippen molar-refractivity contribution in [1.29, 1.82) is 0 Å². The number of hydrogen-bond donors (Lipinski definition) is 1. The summed E-state index contributed by atoms with van der Waals surface area (Å²) in [5.41, 5.74) is 0.901. The Labute approximate surface area is 141 Å². The molecule has 2 heterocycles. The Kier molecular flexibility index (Phi) is 4.77. The van der Waals surface area contributed by atoms with Crippen molar-refractivity contribution in [3.63, 3.8) is 0 Å². The third kappa shape index (κ3) is 3.99. The number of aryl methyl sites for hydroxylation is 1. The molecule has 0 amide bonds. The number of anilines is 2. The van der Waals surface area contributed by atoms with Crippen molar-refractivity contribution in [3.8, 4) is 5.75 Å². The second-order valence-corrected chi connectivity index (χ2v) is 7.21. The highest BCUT2D eigenvalue weighted by Crippen LogP contribution is 2.37. The van der Waals surface area contributed by atoms with E-state index in [0.717, 1.165) is 20.9 Å². The molecule has 0 saturated heterocycles. The number of rotatable bonds is 6. The molecule has 0 spiro atoms. The SMILES string of the molecule is COc1cccc(Nc2nnc(SC(C)c3nnc(C)o3)s2)c1. The third-order valence-corrected chi connectivity index (χ3v) is 4.90. The average molecular weight is 349 g/mol. The summed E-state index contributed by atoms with van der Waals surface area (Å²) in [4.78, 5) is 0. The molecule has 1 N–H and O–H groups in total. The average Bonchev–Trinajstić information content (AvgIpc) is 3.16. The maximum Gasteiger partial charge on any atom is 0.229 e. The summed E-state index contributed by atoms with van der Waals surface area (Å²) in [6.07, 6.45) is 0. The van der Waals surface area contributed by atoms with Crippen LogP contribution in [0, 0.1) is 6.92 Å². The Morgan fingerprint density at radius 1 is 1.26 bits per heavy atom. The second kappa shape index (κ2) is 6.97. The molecule has 3 aromatic rings. The largest absolute Gasteiger partial charge is 0.497 e. The van der Waals surface area contributed by atoms with Crippen molar-refractivity contribution in [3.05, 3.63) is 36.0 Å². The molecule has 2 aromatic heterocycles. The Bertz CT molecular complexity index is 789. The molecule has 120 valence electrons. The highest BCUT2D eigenvalue weighted by molar-refractivity contribution is 8.01. The minimum atomic E-state index is 0.0221. The molecular weight excluding hydrogens is 334 g/mol. The third-order valence-electron chi connectivity index (χ3n) is 2.89. The van der Waals surface area contributed by atoms with Crippen LogP contribution in [0.3, 0.4) is 0 Å². The maximum absolute atomic E-state index is 5.43. The quantitative estimate of drug-likeness (QED) is 0.672. The lowest BCUT2D eigenvalue weighted by Crippen LogP contribution is -1.90. The highest BCUT2D eigenvalue weighted by Gasteiger charge is 2.17. The van der Waals surface area contributed by atoms with Gasteiger partial charge in [-0.05, 0) is 19.1 Å². The zero-order valence-electron chi connectivity index (χ0n) is 12.8. The van der Waals surface area contributed by atoms with E-state index < -0.39 is 0 Å². The van der Waals surface area contributed by atoms with Gasteiger partial charge in [0.25, 0.3) is 0 Å². The molecule has 0 radical (unpaired) electrons. The fraction of sp³-hybridized carbons (Fsp3) is 0.286. The lowest BCUT2D eigenvalue weighted by Gasteiger charge is -2.04. The van der Waals surface area contributed by atoms with Crippen molar-refractivity contribution in [2.45, 2.75) is 23.4 Å². The predicted octanol–water partition coefficient (Wildman–Crippen LogP) is 3.84. The van der Waals surface area contributed by atoms with Crippen LogP contribution in [0.2, 0.25) is 0 Å². The number of nitrogens with zero attached hydrogens (tertiary/aromatic N) is 4. The van der Waals surface area contributed by atoms with Crippen LogP contribution in [0.25, 0.3) is 0 Å². The molecule has 1 aromatic carbocycles. The molecule has 0 saturated carbocycles. The maximum atomic E-state index is 5.43. The first-order valence-corrected chi connectivity index (χ1v) is 8.55. The van der Waals surface area contributed by atoms with Gasteiger partial charge in [-0.2, -0.15) is 0 Å². The van der Waals surface area contributed by atoms with Gasteiger partial charge in [0, 0.05) is 18.7 Å². The van der Waals surface area contributed by atoms with Gasteiger partial charge in [-0.25, -0.2) is 0 Å². The van der Waals surface area contributed by atoms with E-state index in [0.29, 0.717) is 11.8 Å². The molecule has 1 atom stereocenters. The minimum Gasteiger partial charge on any atom is -0.497 e. The van der Waals surface area contributed by atoms with Crippen LogP contribution in [0.15, 0.2) is 33.0 Å². The van der Waals surface area contributed by atoms with Gasteiger partial charge in [-0.1, -0.05) is 29.2 Å². The van der Waals surface area contributed by atoms with E-state index >= 15 is 0 Å². The summed E-state index contributed by atoms with van der Waals surface area (Å²) in [6.45, 7) is 3.77. The molecule has 7 nitrogen and oxygen atoms in total. The standard InChI is InChI=1S/C14H15N5O2S2/c1-8(12-17-16-9(2)21-12)22-14-19-18-13(23-14)15-10-5-4-6-11(7-10)20-3/h4-8H,1-3H3,(H,15,18). The summed E-state index contributed by atoms with van der Waals surface area (Å²) in [5.74, 6) is 1.93. The molecule has 0 aliphatic rings. The van der Waals surface area contributed by atoms with Crippen LogP contribution in [0.1, 0.15) is 24.0 Å². The smallest absolute Gasteiger partial charge is 0.229 e. The van der Waals surface area contributed by atoms with Crippen LogP contribution >= 0.6 is 23.1 Å². The number of thioether (sulfide) groups is 1. The summed E-state index contributed by atoms with van der Waals surface area (Å²) in [5, 5.41) is 20.1. The zero-order valence-corrected chi connectivity index (χ0v) is 14.4. The molecule has 23 heavy (non-hydrogen) atoms. The van der Waals surface area contributed by atoms with Gasteiger partial charge in [0.2, 0.25) is 16.9 Å².